The summed E-state index contributed by atoms with van der Waals surface area (Å²) in [6.45, 7) is 7.06. The van der Waals surface area contributed by atoms with Gasteiger partial charge in [0, 0.05) is 32.7 Å². The van der Waals surface area contributed by atoms with E-state index >= 15 is 0 Å². The van der Waals surface area contributed by atoms with Crippen LogP contribution in [-0.4, -0.2) is 68.9 Å². The highest BCUT2D eigenvalue weighted by Crippen LogP contribution is 2.26. The van der Waals surface area contributed by atoms with Gasteiger partial charge in [0.2, 0.25) is 0 Å². The highest BCUT2D eigenvalue weighted by atomic mass is 16.5. The minimum atomic E-state index is -0.112. The van der Waals surface area contributed by atoms with E-state index < -0.39 is 0 Å². The first-order valence-electron chi connectivity index (χ1n) is 10.1. The Bertz CT molecular complexity index is 859. The first-order chi connectivity index (χ1) is 14.6. The molecule has 0 atom stereocenters. The Hall–Kier alpha value is -2.90. The van der Waals surface area contributed by atoms with Gasteiger partial charge in [-0.15, -0.1) is 0 Å². The van der Waals surface area contributed by atoms with E-state index in [0.29, 0.717) is 18.0 Å². The van der Waals surface area contributed by atoms with Gasteiger partial charge in [0.15, 0.2) is 11.5 Å². The summed E-state index contributed by atoms with van der Waals surface area (Å²) in [6.07, 6.45) is 1.60. The average molecular weight is 411 g/mol. The molecular weight excluding hydrogens is 380 g/mol. The van der Waals surface area contributed by atoms with Crippen molar-refractivity contribution in [1.82, 2.24) is 15.2 Å². The molecule has 7 heteroatoms. The van der Waals surface area contributed by atoms with Gasteiger partial charge in [-0.2, -0.15) is 5.10 Å². The van der Waals surface area contributed by atoms with Crippen molar-refractivity contribution >= 4 is 12.1 Å². The predicted octanol–water partition coefficient (Wildman–Crippen LogP) is 2.28. The zero-order valence-electron chi connectivity index (χ0n) is 17.9. The predicted molar refractivity (Wildman–Crippen MR) is 118 cm³/mol. The first kappa shape index (κ1) is 21.8. The quantitative estimate of drug-likeness (QED) is 0.534. The Morgan fingerprint density at radius 3 is 2.33 bits per heavy atom. The number of nitrogens with one attached hydrogen (secondary N) is 1. The molecule has 160 valence electrons. The molecule has 0 unspecified atom stereocenters. The summed E-state index contributed by atoms with van der Waals surface area (Å²) >= 11 is 0. The molecule has 3 rings (SSSR count). The maximum absolute atomic E-state index is 12.2. The summed E-state index contributed by atoms with van der Waals surface area (Å²) in [7, 11) is 3.18. The molecule has 7 nitrogen and oxygen atoms in total. The molecule has 2 aromatic rings. The molecule has 0 radical (unpaired) electrons. The lowest BCUT2D eigenvalue weighted by molar-refractivity contribution is -0.122. The summed E-state index contributed by atoms with van der Waals surface area (Å²) in [5, 5.41) is 4.06. The van der Waals surface area contributed by atoms with E-state index in [1.165, 1.54) is 11.1 Å². The van der Waals surface area contributed by atoms with Crippen LogP contribution in [0.1, 0.15) is 16.7 Å². The number of benzene rings is 2. The topological polar surface area (TPSA) is 66.4 Å². The van der Waals surface area contributed by atoms with Crippen LogP contribution in [0.4, 0.5) is 0 Å². The van der Waals surface area contributed by atoms with Gasteiger partial charge in [0.1, 0.15) is 0 Å². The number of carbonyl (C=O) groups is 1. The van der Waals surface area contributed by atoms with Gasteiger partial charge < -0.3 is 9.47 Å². The molecule has 1 amide bonds. The van der Waals surface area contributed by atoms with Gasteiger partial charge in [-0.1, -0.05) is 29.8 Å². The molecule has 0 aliphatic carbocycles. The van der Waals surface area contributed by atoms with Crippen molar-refractivity contribution in [3.8, 4) is 11.5 Å². The summed E-state index contributed by atoms with van der Waals surface area (Å²) in [4.78, 5) is 16.8. The average Bonchev–Trinajstić information content (AvgIpc) is 2.76. The number of hydrazone groups is 1. The van der Waals surface area contributed by atoms with E-state index in [1.807, 2.05) is 12.1 Å². The van der Waals surface area contributed by atoms with Crippen LogP contribution < -0.4 is 14.9 Å². The van der Waals surface area contributed by atoms with E-state index in [9.17, 15) is 4.79 Å². The van der Waals surface area contributed by atoms with Crippen molar-refractivity contribution in [2.45, 2.75) is 13.5 Å². The highest BCUT2D eigenvalue weighted by Gasteiger charge is 2.18. The van der Waals surface area contributed by atoms with Crippen LogP contribution in [0.5, 0.6) is 11.5 Å². The Kier molecular flexibility index (Phi) is 7.82. The van der Waals surface area contributed by atoms with Crippen LogP contribution in [0, 0.1) is 6.92 Å². The van der Waals surface area contributed by atoms with Crippen molar-refractivity contribution in [3.05, 3.63) is 59.2 Å². The Morgan fingerprint density at radius 2 is 1.67 bits per heavy atom. The van der Waals surface area contributed by atoms with Crippen molar-refractivity contribution in [2.24, 2.45) is 5.10 Å². The van der Waals surface area contributed by atoms with Crippen molar-refractivity contribution in [1.29, 1.82) is 0 Å². The standard InChI is InChI=1S/C23H30N4O3/c1-18-4-6-19(7-5-18)16-26-10-12-27(13-11-26)17-23(28)25-24-15-20-8-9-21(29-2)22(14-20)30-3/h4-9,14-15H,10-13,16-17H2,1-3H3,(H,25,28)/b24-15+. The van der Waals surface area contributed by atoms with Crippen LogP contribution >= 0.6 is 0 Å². The SMILES string of the molecule is COc1ccc(/C=N/NC(=O)CN2CCN(Cc3ccc(C)cc3)CC2)cc1OC. The zero-order valence-corrected chi connectivity index (χ0v) is 17.9. The highest BCUT2D eigenvalue weighted by molar-refractivity contribution is 5.83. The molecule has 0 bridgehead atoms. The van der Waals surface area contributed by atoms with E-state index in [1.54, 1.807) is 26.5 Å². The maximum atomic E-state index is 12.2. The number of hydrogen-bond donors (Lipinski definition) is 1. The molecule has 1 heterocycles. The lowest BCUT2D eigenvalue weighted by atomic mass is 10.1. The lowest BCUT2D eigenvalue weighted by Crippen LogP contribution is -2.48. The van der Waals surface area contributed by atoms with Crippen LogP contribution in [-0.2, 0) is 11.3 Å². The third kappa shape index (κ3) is 6.30. The number of hydrogen-bond acceptors (Lipinski definition) is 6. The number of rotatable bonds is 8. The molecule has 0 spiro atoms. The van der Waals surface area contributed by atoms with Crippen molar-refractivity contribution in [2.75, 3.05) is 46.9 Å². The number of ether oxygens (including phenoxy) is 2. The molecule has 1 saturated heterocycles. The maximum Gasteiger partial charge on any atom is 0.254 e. The summed E-state index contributed by atoms with van der Waals surface area (Å²) < 4.78 is 10.5. The number of carbonyl (C=O) groups excluding carboxylic acids is 1. The molecule has 1 N–H and O–H groups in total. The molecule has 1 aliphatic rings. The molecule has 0 saturated carbocycles. The third-order valence-electron chi connectivity index (χ3n) is 5.17. The monoisotopic (exact) mass is 410 g/mol. The van der Waals surface area contributed by atoms with Crippen molar-refractivity contribution in [3.63, 3.8) is 0 Å². The van der Waals surface area contributed by atoms with Crippen LogP contribution in [0.2, 0.25) is 0 Å². The second kappa shape index (κ2) is 10.8. The minimum absolute atomic E-state index is 0.112. The normalized spacial score (nSPS) is 15.3. The number of aryl methyl sites for hydroxylation is 1. The van der Waals surface area contributed by atoms with Gasteiger partial charge in [-0.25, -0.2) is 5.43 Å². The van der Waals surface area contributed by atoms with Gasteiger partial charge in [-0.05, 0) is 36.2 Å². The number of methoxy groups -OCH3 is 2. The third-order valence-corrected chi connectivity index (χ3v) is 5.17. The largest absolute Gasteiger partial charge is 0.493 e. The van der Waals surface area contributed by atoms with E-state index in [4.69, 9.17) is 9.47 Å². The molecule has 30 heavy (non-hydrogen) atoms. The first-order valence-corrected chi connectivity index (χ1v) is 10.1. The fourth-order valence-electron chi connectivity index (χ4n) is 3.41. The zero-order chi connectivity index (χ0) is 21.3. The van der Waals surface area contributed by atoms with Crippen LogP contribution in [0.15, 0.2) is 47.6 Å². The Balaban J connectivity index is 1.40. The van der Waals surface area contributed by atoms with Crippen molar-refractivity contribution < 1.29 is 14.3 Å². The fourth-order valence-corrected chi connectivity index (χ4v) is 3.41. The van der Waals surface area contributed by atoms with Gasteiger partial charge in [0.25, 0.3) is 5.91 Å². The molecular formula is C23H30N4O3. The summed E-state index contributed by atoms with van der Waals surface area (Å²) in [5.74, 6) is 1.16. The fraction of sp³-hybridized carbons (Fsp3) is 0.391. The van der Waals surface area contributed by atoms with Crippen LogP contribution in [0.3, 0.4) is 0 Å². The Morgan fingerprint density at radius 1 is 1.00 bits per heavy atom. The van der Waals surface area contributed by atoms with Gasteiger partial charge in [0.05, 0.1) is 27.0 Å². The molecule has 2 aromatic carbocycles. The number of amides is 1. The van der Waals surface area contributed by atoms with E-state index in [0.717, 1.165) is 38.3 Å². The second-order valence-electron chi connectivity index (χ2n) is 7.45. The Labute approximate surface area is 178 Å². The second-order valence-corrected chi connectivity index (χ2v) is 7.45. The number of nitrogens with zero attached hydrogens (tertiary/aromatic N) is 3. The molecule has 1 fully saturated rings. The number of piperazine rings is 1. The molecule has 1 aliphatic heterocycles. The van der Waals surface area contributed by atoms with Crippen LogP contribution in [0.25, 0.3) is 0 Å². The summed E-state index contributed by atoms with van der Waals surface area (Å²) in [6, 6.07) is 14.1. The van der Waals surface area contributed by atoms with Gasteiger partial charge in [-0.3, -0.25) is 14.6 Å². The minimum Gasteiger partial charge on any atom is -0.493 e. The smallest absolute Gasteiger partial charge is 0.254 e. The van der Waals surface area contributed by atoms with Gasteiger partial charge >= 0.3 is 0 Å². The summed E-state index contributed by atoms with van der Waals surface area (Å²) in [5.41, 5.74) is 6.03. The lowest BCUT2D eigenvalue weighted by Gasteiger charge is -2.34. The van der Waals surface area contributed by atoms with E-state index in [-0.39, 0.29) is 5.91 Å². The van der Waals surface area contributed by atoms with E-state index in [2.05, 4.69) is 51.5 Å². The molecule has 0 aromatic heterocycles.